The molecule has 0 saturated carbocycles. The van der Waals surface area contributed by atoms with Gasteiger partial charge in [-0.1, -0.05) is 23.8 Å². The zero-order chi connectivity index (χ0) is 16.0. The van der Waals surface area contributed by atoms with E-state index in [1.165, 1.54) is 4.88 Å². The van der Waals surface area contributed by atoms with Gasteiger partial charge in [-0.05, 0) is 36.9 Å². The van der Waals surface area contributed by atoms with E-state index in [-0.39, 0.29) is 6.04 Å². The maximum Gasteiger partial charge on any atom is 0.243 e. The number of sulfonamides is 1. The zero-order valence-electron chi connectivity index (χ0n) is 13.1. The van der Waals surface area contributed by atoms with E-state index in [4.69, 9.17) is 0 Å². The zero-order valence-corrected chi connectivity index (χ0v) is 14.7. The number of thiophene rings is 1. The van der Waals surface area contributed by atoms with E-state index >= 15 is 0 Å². The van der Waals surface area contributed by atoms with Crippen LogP contribution in [0.25, 0.3) is 0 Å². The third-order valence-electron chi connectivity index (χ3n) is 4.87. The number of nitrogens with zero attached hydrogens (tertiary/aromatic N) is 2. The molecular formula is C17H20N2O2S2. The van der Waals surface area contributed by atoms with Gasteiger partial charge >= 0.3 is 0 Å². The average molecular weight is 348 g/mol. The third kappa shape index (κ3) is 2.74. The summed E-state index contributed by atoms with van der Waals surface area (Å²) in [4.78, 5) is 4.20. The summed E-state index contributed by atoms with van der Waals surface area (Å²) in [5.74, 6) is 0. The summed E-state index contributed by atoms with van der Waals surface area (Å²) in [5, 5.41) is 2.10. The second-order valence-electron chi connectivity index (χ2n) is 6.44. The Balaban J connectivity index is 1.50. The molecule has 1 aromatic carbocycles. The highest BCUT2D eigenvalue weighted by Gasteiger charge is 2.48. The van der Waals surface area contributed by atoms with Crippen molar-refractivity contribution in [1.29, 1.82) is 0 Å². The smallest absolute Gasteiger partial charge is 0.243 e. The highest BCUT2D eigenvalue weighted by molar-refractivity contribution is 7.89. The van der Waals surface area contributed by atoms with Crippen molar-refractivity contribution in [3.63, 3.8) is 0 Å². The Kier molecular flexibility index (Phi) is 3.80. The molecule has 0 radical (unpaired) electrons. The van der Waals surface area contributed by atoms with Gasteiger partial charge in [0.25, 0.3) is 0 Å². The Hall–Kier alpha value is -1.21. The average Bonchev–Trinajstić information content (AvgIpc) is 3.24. The van der Waals surface area contributed by atoms with Crippen LogP contribution in [0.4, 0.5) is 0 Å². The van der Waals surface area contributed by atoms with Crippen molar-refractivity contribution >= 4 is 21.4 Å². The molecule has 23 heavy (non-hydrogen) atoms. The van der Waals surface area contributed by atoms with Gasteiger partial charge in [0.15, 0.2) is 0 Å². The van der Waals surface area contributed by atoms with E-state index < -0.39 is 10.0 Å². The quantitative estimate of drug-likeness (QED) is 0.853. The molecule has 4 rings (SSSR count). The van der Waals surface area contributed by atoms with E-state index in [2.05, 4.69) is 22.4 Å². The number of piperazine rings is 1. The first-order chi connectivity index (χ1) is 11.0. The molecule has 1 aromatic heterocycles. The highest BCUT2D eigenvalue weighted by Crippen LogP contribution is 2.36. The van der Waals surface area contributed by atoms with Gasteiger partial charge in [0.05, 0.1) is 4.90 Å². The van der Waals surface area contributed by atoms with Crippen molar-refractivity contribution in [2.24, 2.45) is 0 Å². The van der Waals surface area contributed by atoms with Crippen molar-refractivity contribution < 1.29 is 8.42 Å². The van der Waals surface area contributed by atoms with E-state index in [1.54, 1.807) is 27.8 Å². The molecule has 2 fully saturated rings. The lowest BCUT2D eigenvalue weighted by molar-refractivity contribution is 0.176. The molecule has 2 atom stereocenters. The van der Waals surface area contributed by atoms with Gasteiger partial charge in [0.2, 0.25) is 10.0 Å². The maximum absolute atomic E-state index is 12.9. The molecular weight excluding hydrogens is 328 g/mol. The Morgan fingerprint density at radius 2 is 1.91 bits per heavy atom. The van der Waals surface area contributed by atoms with Crippen LogP contribution in [0.1, 0.15) is 16.9 Å². The molecule has 0 aliphatic carbocycles. The van der Waals surface area contributed by atoms with Gasteiger partial charge in [-0.15, -0.1) is 11.3 Å². The second kappa shape index (κ2) is 5.70. The largest absolute Gasteiger partial charge is 0.292 e. The molecule has 0 amide bonds. The summed E-state index contributed by atoms with van der Waals surface area (Å²) in [5.41, 5.74) is 1.08. The van der Waals surface area contributed by atoms with Crippen molar-refractivity contribution in [2.75, 3.05) is 13.1 Å². The Morgan fingerprint density at radius 3 is 2.52 bits per heavy atom. The fourth-order valence-electron chi connectivity index (χ4n) is 3.65. The van der Waals surface area contributed by atoms with Crippen LogP contribution >= 0.6 is 11.3 Å². The lowest BCUT2D eigenvalue weighted by Gasteiger charge is -2.33. The number of likely N-dealkylation sites (tertiary alicyclic amines) is 1. The van der Waals surface area contributed by atoms with Crippen LogP contribution in [-0.2, 0) is 16.6 Å². The minimum absolute atomic E-state index is 0.117. The molecule has 2 aromatic rings. The molecule has 2 aliphatic heterocycles. The van der Waals surface area contributed by atoms with Crippen molar-refractivity contribution in [3.8, 4) is 0 Å². The second-order valence-corrected chi connectivity index (χ2v) is 9.36. The summed E-state index contributed by atoms with van der Waals surface area (Å²) < 4.78 is 27.5. The maximum atomic E-state index is 12.9. The van der Waals surface area contributed by atoms with Gasteiger partial charge in [0.1, 0.15) is 0 Å². The fourth-order valence-corrected chi connectivity index (χ4v) is 6.04. The van der Waals surface area contributed by atoms with Gasteiger partial charge in [0, 0.05) is 36.6 Å². The monoisotopic (exact) mass is 348 g/mol. The first kappa shape index (κ1) is 15.3. The van der Waals surface area contributed by atoms with E-state index in [1.807, 2.05) is 19.1 Å². The summed E-state index contributed by atoms with van der Waals surface area (Å²) >= 11 is 1.77. The van der Waals surface area contributed by atoms with Crippen molar-refractivity contribution in [3.05, 3.63) is 52.2 Å². The lowest BCUT2D eigenvalue weighted by atomic mass is 10.2. The van der Waals surface area contributed by atoms with Crippen LogP contribution in [0.5, 0.6) is 0 Å². The molecule has 2 unspecified atom stereocenters. The van der Waals surface area contributed by atoms with Crippen molar-refractivity contribution in [1.82, 2.24) is 9.21 Å². The Morgan fingerprint density at radius 1 is 1.13 bits per heavy atom. The first-order valence-electron chi connectivity index (χ1n) is 7.89. The minimum Gasteiger partial charge on any atom is -0.292 e. The van der Waals surface area contributed by atoms with E-state index in [0.717, 1.165) is 25.1 Å². The molecule has 3 heterocycles. The van der Waals surface area contributed by atoms with Crippen LogP contribution in [-0.4, -0.2) is 42.8 Å². The van der Waals surface area contributed by atoms with Crippen LogP contribution in [0.15, 0.2) is 46.7 Å². The lowest BCUT2D eigenvalue weighted by Crippen LogP contribution is -2.48. The van der Waals surface area contributed by atoms with Crippen LogP contribution < -0.4 is 0 Å². The summed E-state index contributed by atoms with van der Waals surface area (Å²) in [6, 6.07) is 11.9. The number of benzene rings is 1. The predicted molar refractivity (Wildman–Crippen MR) is 92.0 cm³/mol. The minimum atomic E-state index is -3.36. The van der Waals surface area contributed by atoms with Crippen LogP contribution in [0.2, 0.25) is 0 Å². The van der Waals surface area contributed by atoms with Gasteiger partial charge in [-0.3, -0.25) is 4.90 Å². The molecule has 0 spiro atoms. The van der Waals surface area contributed by atoms with E-state index in [0.29, 0.717) is 17.5 Å². The summed E-state index contributed by atoms with van der Waals surface area (Å²) in [6.45, 7) is 4.37. The fraction of sp³-hybridized carbons (Fsp3) is 0.412. The Bertz CT molecular complexity index is 785. The van der Waals surface area contributed by atoms with Crippen LogP contribution in [0, 0.1) is 6.92 Å². The van der Waals surface area contributed by atoms with Gasteiger partial charge in [-0.25, -0.2) is 8.42 Å². The van der Waals surface area contributed by atoms with Gasteiger partial charge in [-0.2, -0.15) is 4.31 Å². The molecule has 6 heteroatoms. The molecule has 4 nitrogen and oxygen atoms in total. The number of fused-ring (bicyclic) bond motifs is 2. The number of hydrogen-bond acceptors (Lipinski definition) is 4. The highest BCUT2D eigenvalue weighted by atomic mass is 32.2. The van der Waals surface area contributed by atoms with Crippen molar-refractivity contribution in [2.45, 2.75) is 36.9 Å². The van der Waals surface area contributed by atoms with E-state index in [9.17, 15) is 8.42 Å². The molecule has 2 saturated heterocycles. The standard InChI is InChI=1S/C17H20N2O2S2/c1-13-4-6-17(7-5-13)23(20,21)19-11-14-9-15(19)10-18(14)12-16-3-2-8-22-16/h2-8,14-15H,9-12H2,1H3. The number of rotatable bonds is 4. The molecule has 2 bridgehead atoms. The number of hydrogen-bond donors (Lipinski definition) is 0. The molecule has 0 N–H and O–H groups in total. The topological polar surface area (TPSA) is 40.6 Å². The molecule has 2 aliphatic rings. The first-order valence-corrected chi connectivity index (χ1v) is 10.2. The van der Waals surface area contributed by atoms with Gasteiger partial charge < -0.3 is 0 Å². The molecule has 122 valence electrons. The third-order valence-corrected chi connectivity index (χ3v) is 7.66. The SMILES string of the molecule is Cc1ccc(S(=O)(=O)N2CC3CC2CN3Cc2cccs2)cc1. The summed E-state index contributed by atoms with van der Waals surface area (Å²) in [6.07, 6.45) is 0.955. The summed E-state index contributed by atoms with van der Waals surface area (Å²) in [7, 11) is -3.36. The predicted octanol–water partition coefficient (Wildman–Crippen LogP) is 2.70. The van der Waals surface area contributed by atoms with Crippen LogP contribution in [0.3, 0.4) is 0 Å². The number of aryl methyl sites for hydroxylation is 1. The normalized spacial score (nSPS) is 25.3. The Labute approximate surface area is 141 Å².